The first-order valence-electron chi connectivity index (χ1n) is 11.3. The molecule has 0 aliphatic rings. The molecule has 7 nitrogen and oxygen atoms in total. The Kier molecular flexibility index (Phi) is 11.7. The SMILES string of the molecule is CCCC(=O)Nc1cccc(CN=C(NCCCOCC)NCc2ccc(OC)cc2)c1. The molecule has 3 N–H and O–H groups in total. The molecule has 0 aliphatic heterocycles. The van der Waals surface area contributed by atoms with Crippen molar-refractivity contribution in [2.24, 2.45) is 4.99 Å². The second-order valence-corrected chi connectivity index (χ2v) is 7.34. The van der Waals surface area contributed by atoms with Crippen molar-refractivity contribution in [2.45, 2.75) is 46.2 Å². The van der Waals surface area contributed by atoms with Gasteiger partial charge in [-0.25, -0.2) is 4.99 Å². The Morgan fingerprint density at radius 2 is 1.84 bits per heavy atom. The van der Waals surface area contributed by atoms with E-state index in [1.165, 1.54) is 0 Å². The Morgan fingerprint density at radius 3 is 2.56 bits per heavy atom. The fourth-order valence-corrected chi connectivity index (χ4v) is 3.00. The maximum atomic E-state index is 11.9. The van der Waals surface area contributed by atoms with Gasteiger partial charge in [0.2, 0.25) is 5.91 Å². The smallest absolute Gasteiger partial charge is 0.224 e. The Labute approximate surface area is 191 Å². The lowest BCUT2D eigenvalue weighted by Crippen LogP contribution is -2.37. The summed E-state index contributed by atoms with van der Waals surface area (Å²) in [6, 6.07) is 15.8. The van der Waals surface area contributed by atoms with Crippen LogP contribution in [0, 0.1) is 0 Å². The number of carbonyl (C=O) groups is 1. The molecule has 7 heteroatoms. The van der Waals surface area contributed by atoms with Crippen LogP contribution in [0.5, 0.6) is 5.75 Å². The van der Waals surface area contributed by atoms with E-state index in [4.69, 9.17) is 14.5 Å². The average Bonchev–Trinajstić information content (AvgIpc) is 2.81. The highest BCUT2D eigenvalue weighted by atomic mass is 16.5. The van der Waals surface area contributed by atoms with Gasteiger partial charge >= 0.3 is 0 Å². The van der Waals surface area contributed by atoms with Gasteiger partial charge in [0, 0.05) is 38.4 Å². The molecule has 0 heterocycles. The number of hydrogen-bond donors (Lipinski definition) is 3. The predicted molar refractivity (Wildman–Crippen MR) is 130 cm³/mol. The first-order chi connectivity index (χ1) is 15.6. The van der Waals surface area contributed by atoms with Crippen molar-refractivity contribution in [2.75, 3.05) is 32.2 Å². The van der Waals surface area contributed by atoms with Crippen LogP contribution in [0.15, 0.2) is 53.5 Å². The summed E-state index contributed by atoms with van der Waals surface area (Å²) < 4.78 is 10.6. The molecule has 0 bridgehead atoms. The third-order valence-corrected chi connectivity index (χ3v) is 4.69. The Bertz CT molecular complexity index is 837. The van der Waals surface area contributed by atoms with Gasteiger partial charge < -0.3 is 25.4 Å². The normalized spacial score (nSPS) is 11.2. The topological polar surface area (TPSA) is 84.0 Å². The zero-order chi connectivity index (χ0) is 23.0. The van der Waals surface area contributed by atoms with E-state index in [2.05, 4.69) is 16.0 Å². The number of hydrogen-bond acceptors (Lipinski definition) is 4. The van der Waals surface area contributed by atoms with E-state index in [1.807, 2.05) is 62.4 Å². The van der Waals surface area contributed by atoms with Crippen LogP contribution in [0.1, 0.15) is 44.2 Å². The molecule has 2 aromatic carbocycles. The summed E-state index contributed by atoms with van der Waals surface area (Å²) in [5, 5.41) is 9.69. The number of ether oxygens (including phenoxy) is 2. The average molecular weight is 441 g/mol. The lowest BCUT2D eigenvalue weighted by Gasteiger charge is -2.13. The van der Waals surface area contributed by atoms with E-state index in [9.17, 15) is 4.79 Å². The molecule has 0 saturated heterocycles. The Morgan fingerprint density at radius 1 is 1.03 bits per heavy atom. The van der Waals surface area contributed by atoms with Crippen molar-refractivity contribution in [3.63, 3.8) is 0 Å². The van der Waals surface area contributed by atoms with E-state index in [0.29, 0.717) is 19.5 Å². The fraction of sp³-hybridized carbons (Fsp3) is 0.440. The molecular formula is C25H36N4O3. The lowest BCUT2D eigenvalue weighted by atomic mass is 10.2. The van der Waals surface area contributed by atoms with E-state index < -0.39 is 0 Å². The first kappa shape index (κ1) is 25.2. The number of nitrogens with one attached hydrogen (secondary N) is 3. The van der Waals surface area contributed by atoms with Crippen molar-refractivity contribution < 1.29 is 14.3 Å². The monoisotopic (exact) mass is 440 g/mol. The van der Waals surface area contributed by atoms with Crippen molar-refractivity contribution >= 4 is 17.6 Å². The molecule has 0 radical (unpaired) electrons. The highest BCUT2D eigenvalue weighted by Crippen LogP contribution is 2.13. The number of nitrogens with zero attached hydrogens (tertiary/aromatic N) is 1. The number of anilines is 1. The van der Waals surface area contributed by atoms with Crippen LogP contribution in [-0.4, -0.2) is 38.7 Å². The summed E-state index contributed by atoms with van der Waals surface area (Å²) in [6.45, 7) is 7.34. The molecule has 2 rings (SSSR count). The van der Waals surface area contributed by atoms with Crippen LogP contribution < -0.4 is 20.7 Å². The van der Waals surface area contributed by atoms with Crippen LogP contribution in [0.25, 0.3) is 0 Å². The molecule has 0 aliphatic carbocycles. The van der Waals surface area contributed by atoms with E-state index in [1.54, 1.807) is 7.11 Å². The minimum Gasteiger partial charge on any atom is -0.497 e. The van der Waals surface area contributed by atoms with Crippen LogP contribution in [0.4, 0.5) is 5.69 Å². The molecule has 0 spiro atoms. The highest BCUT2D eigenvalue weighted by molar-refractivity contribution is 5.90. The second-order valence-electron chi connectivity index (χ2n) is 7.34. The molecule has 0 aromatic heterocycles. The number of carbonyl (C=O) groups excluding carboxylic acids is 1. The molecule has 32 heavy (non-hydrogen) atoms. The molecule has 0 saturated carbocycles. The van der Waals surface area contributed by atoms with Gasteiger partial charge in [-0.15, -0.1) is 0 Å². The second kappa shape index (κ2) is 14.9. The molecule has 0 fully saturated rings. The summed E-state index contributed by atoms with van der Waals surface area (Å²) >= 11 is 0. The van der Waals surface area contributed by atoms with E-state index >= 15 is 0 Å². The standard InChI is InChI=1S/C25H36N4O3/c1-4-8-24(30)29-22-10-6-9-21(17-22)19-28-25(26-15-7-16-32-5-2)27-18-20-11-13-23(31-3)14-12-20/h6,9-14,17H,4-5,7-8,15-16,18-19H2,1-3H3,(H,29,30)(H2,26,27,28). The largest absolute Gasteiger partial charge is 0.497 e. The van der Waals surface area contributed by atoms with Crippen LogP contribution in [0.2, 0.25) is 0 Å². The first-order valence-corrected chi connectivity index (χ1v) is 11.3. The van der Waals surface area contributed by atoms with Gasteiger partial charge in [-0.1, -0.05) is 31.2 Å². The maximum absolute atomic E-state index is 11.9. The molecular weight excluding hydrogens is 404 g/mol. The summed E-state index contributed by atoms with van der Waals surface area (Å²) in [5.41, 5.74) is 2.96. The van der Waals surface area contributed by atoms with Gasteiger partial charge in [-0.05, 0) is 55.2 Å². The van der Waals surface area contributed by atoms with Crippen molar-refractivity contribution in [3.8, 4) is 5.75 Å². The van der Waals surface area contributed by atoms with Crippen LogP contribution >= 0.6 is 0 Å². The molecule has 0 atom stereocenters. The molecule has 1 amide bonds. The quantitative estimate of drug-likeness (QED) is 0.248. The third kappa shape index (κ3) is 9.83. The van der Waals surface area contributed by atoms with Gasteiger partial charge in [0.1, 0.15) is 5.75 Å². The maximum Gasteiger partial charge on any atom is 0.224 e. The molecule has 174 valence electrons. The number of aliphatic imine (C=N–C) groups is 1. The summed E-state index contributed by atoms with van der Waals surface area (Å²) in [4.78, 5) is 16.6. The van der Waals surface area contributed by atoms with Crippen molar-refractivity contribution in [1.82, 2.24) is 10.6 Å². The number of amides is 1. The van der Waals surface area contributed by atoms with Gasteiger partial charge in [0.25, 0.3) is 0 Å². The van der Waals surface area contributed by atoms with Crippen molar-refractivity contribution in [1.29, 1.82) is 0 Å². The van der Waals surface area contributed by atoms with Gasteiger partial charge in [-0.2, -0.15) is 0 Å². The number of methoxy groups -OCH3 is 1. The molecule has 2 aromatic rings. The highest BCUT2D eigenvalue weighted by Gasteiger charge is 2.03. The Balaban J connectivity index is 1.99. The van der Waals surface area contributed by atoms with E-state index in [-0.39, 0.29) is 5.91 Å². The van der Waals surface area contributed by atoms with Crippen LogP contribution in [-0.2, 0) is 22.6 Å². The minimum absolute atomic E-state index is 0.0333. The van der Waals surface area contributed by atoms with Gasteiger partial charge in [-0.3, -0.25) is 4.79 Å². The van der Waals surface area contributed by atoms with Gasteiger partial charge in [0.05, 0.1) is 13.7 Å². The predicted octanol–water partition coefficient (Wildman–Crippen LogP) is 4.10. The number of guanidine groups is 1. The zero-order valence-electron chi connectivity index (χ0n) is 19.4. The van der Waals surface area contributed by atoms with Crippen molar-refractivity contribution in [3.05, 3.63) is 59.7 Å². The summed E-state index contributed by atoms with van der Waals surface area (Å²) in [7, 11) is 1.66. The lowest BCUT2D eigenvalue weighted by molar-refractivity contribution is -0.116. The molecule has 0 unspecified atom stereocenters. The van der Waals surface area contributed by atoms with Crippen LogP contribution in [0.3, 0.4) is 0 Å². The fourth-order valence-electron chi connectivity index (χ4n) is 3.00. The minimum atomic E-state index is 0.0333. The summed E-state index contributed by atoms with van der Waals surface area (Å²) in [6.07, 6.45) is 2.25. The van der Waals surface area contributed by atoms with Gasteiger partial charge in [0.15, 0.2) is 5.96 Å². The third-order valence-electron chi connectivity index (χ3n) is 4.69. The zero-order valence-corrected chi connectivity index (χ0v) is 19.4. The summed E-state index contributed by atoms with van der Waals surface area (Å²) in [5.74, 6) is 1.60. The number of rotatable bonds is 13. The number of benzene rings is 2. The van der Waals surface area contributed by atoms with E-state index in [0.717, 1.165) is 61.1 Å². The Hall–Kier alpha value is -3.06.